The Morgan fingerprint density at radius 1 is 1.33 bits per heavy atom. The molecule has 1 saturated heterocycles. The Morgan fingerprint density at radius 2 is 2.00 bits per heavy atom. The Kier molecular flexibility index (Phi) is 3.03. The van der Waals surface area contributed by atoms with Crippen LogP contribution >= 0.6 is 0 Å². The lowest BCUT2D eigenvalue weighted by Crippen LogP contribution is -2.47. The highest BCUT2D eigenvalue weighted by molar-refractivity contribution is 5.81. The van der Waals surface area contributed by atoms with Crippen LogP contribution in [0.25, 0.3) is 0 Å². The number of fused-ring (bicyclic) bond motifs is 1. The summed E-state index contributed by atoms with van der Waals surface area (Å²) in [6, 6.07) is 0. The van der Waals surface area contributed by atoms with Gasteiger partial charge in [-0.05, 0) is 39.5 Å². The topological polar surface area (TPSA) is 55.8 Å². The van der Waals surface area contributed by atoms with Crippen molar-refractivity contribution in [1.82, 2.24) is 4.90 Å². The fourth-order valence-corrected chi connectivity index (χ4v) is 2.84. The van der Waals surface area contributed by atoms with Crippen molar-refractivity contribution in [2.24, 2.45) is 11.3 Å². The van der Waals surface area contributed by atoms with Gasteiger partial charge in [0.1, 0.15) is 5.60 Å². The van der Waals surface area contributed by atoms with Gasteiger partial charge in [-0.2, -0.15) is 0 Å². The van der Waals surface area contributed by atoms with Crippen molar-refractivity contribution in [3.8, 4) is 0 Å². The summed E-state index contributed by atoms with van der Waals surface area (Å²) < 4.78 is 10.2. The number of likely N-dealkylation sites (tertiary alicyclic amines) is 1. The first kappa shape index (κ1) is 13.2. The van der Waals surface area contributed by atoms with Crippen LogP contribution in [0, 0.1) is 11.3 Å². The summed E-state index contributed by atoms with van der Waals surface area (Å²) in [7, 11) is 1.41. The molecule has 0 unspecified atom stereocenters. The first-order valence-electron chi connectivity index (χ1n) is 6.35. The second kappa shape index (κ2) is 4.14. The third kappa shape index (κ3) is 2.06. The maximum absolute atomic E-state index is 12.0. The normalized spacial score (nSPS) is 30.4. The maximum Gasteiger partial charge on any atom is 0.410 e. The number of hydrogen-bond donors (Lipinski definition) is 0. The molecule has 1 aliphatic heterocycles. The van der Waals surface area contributed by atoms with Gasteiger partial charge < -0.3 is 14.4 Å². The lowest BCUT2D eigenvalue weighted by atomic mass is 9.62. The van der Waals surface area contributed by atoms with Gasteiger partial charge in [-0.3, -0.25) is 4.79 Å². The van der Waals surface area contributed by atoms with Crippen molar-refractivity contribution < 1.29 is 19.1 Å². The molecule has 2 aliphatic rings. The van der Waals surface area contributed by atoms with Crippen molar-refractivity contribution in [3.05, 3.63) is 0 Å². The number of nitrogens with zero attached hydrogens (tertiary/aromatic N) is 1. The van der Waals surface area contributed by atoms with Crippen molar-refractivity contribution in [1.29, 1.82) is 0 Å². The predicted octanol–water partition coefficient (Wildman–Crippen LogP) is 1.81. The highest BCUT2D eigenvalue weighted by Gasteiger charge is 2.60. The van der Waals surface area contributed by atoms with E-state index in [9.17, 15) is 9.59 Å². The minimum absolute atomic E-state index is 0.190. The molecule has 102 valence electrons. The molecule has 0 spiro atoms. The van der Waals surface area contributed by atoms with Crippen molar-refractivity contribution >= 4 is 12.1 Å². The van der Waals surface area contributed by atoms with E-state index in [0.717, 1.165) is 12.8 Å². The Labute approximate surface area is 107 Å². The third-order valence-corrected chi connectivity index (χ3v) is 3.88. The lowest BCUT2D eigenvalue weighted by molar-refractivity contribution is -0.160. The first-order valence-corrected chi connectivity index (χ1v) is 6.35. The molecule has 0 bridgehead atoms. The van der Waals surface area contributed by atoms with Crippen molar-refractivity contribution in [3.63, 3.8) is 0 Å². The minimum Gasteiger partial charge on any atom is -0.469 e. The molecule has 0 radical (unpaired) electrons. The molecule has 0 N–H and O–H groups in total. The van der Waals surface area contributed by atoms with E-state index in [1.165, 1.54) is 7.11 Å². The van der Waals surface area contributed by atoms with Gasteiger partial charge >= 0.3 is 12.1 Å². The van der Waals surface area contributed by atoms with E-state index >= 15 is 0 Å². The van der Waals surface area contributed by atoms with Gasteiger partial charge in [0, 0.05) is 13.1 Å². The average molecular weight is 255 g/mol. The molecule has 1 amide bonds. The molecule has 0 aromatic carbocycles. The van der Waals surface area contributed by atoms with Gasteiger partial charge in [0.2, 0.25) is 0 Å². The molecule has 1 aliphatic carbocycles. The van der Waals surface area contributed by atoms with Gasteiger partial charge in [-0.25, -0.2) is 4.79 Å². The largest absolute Gasteiger partial charge is 0.469 e. The summed E-state index contributed by atoms with van der Waals surface area (Å²) in [5, 5.41) is 0. The summed E-state index contributed by atoms with van der Waals surface area (Å²) in [5.74, 6) is 0.0438. The third-order valence-electron chi connectivity index (χ3n) is 3.88. The number of carbonyl (C=O) groups excluding carboxylic acids is 2. The van der Waals surface area contributed by atoms with E-state index < -0.39 is 11.0 Å². The lowest BCUT2D eigenvalue weighted by Gasteiger charge is -2.40. The summed E-state index contributed by atoms with van der Waals surface area (Å²) in [4.78, 5) is 25.5. The molecule has 1 saturated carbocycles. The molecule has 0 aromatic heterocycles. The average Bonchev–Trinajstić information content (AvgIpc) is 2.49. The second-order valence-corrected chi connectivity index (χ2v) is 6.24. The zero-order valence-electron chi connectivity index (χ0n) is 11.5. The summed E-state index contributed by atoms with van der Waals surface area (Å²) >= 11 is 0. The minimum atomic E-state index is -0.503. The van der Waals surface area contributed by atoms with Crippen LogP contribution in [0.3, 0.4) is 0 Å². The van der Waals surface area contributed by atoms with E-state index in [0.29, 0.717) is 13.1 Å². The van der Waals surface area contributed by atoms with Crippen LogP contribution in [0.15, 0.2) is 0 Å². The van der Waals surface area contributed by atoms with E-state index in [-0.39, 0.29) is 18.0 Å². The Bertz CT molecular complexity index is 374. The van der Waals surface area contributed by atoms with Crippen molar-refractivity contribution in [2.75, 3.05) is 20.2 Å². The molecular formula is C13H21NO4. The number of amides is 1. The van der Waals surface area contributed by atoms with Gasteiger partial charge in [-0.1, -0.05) is 0 Å². The quantitative estimate of drug-likeness (QED) is 0.670. The van der Waals surface area contributed by atoms with Crippen LogP contribution in [0.1, 0.15) is 33.6 Å². The Hall–Kier alpha value is -1.26. The van der Waals surface area contributed by atoms with E-state index in [2.05, 4.69) is 0 Å². The molecule has 5 nitrogen and oxygen atoms in total. The first-order chi connectivity index (χ1) is 8.28. The van der Waals surface area contributed by atoms with Gasteiger partial charge in [0.05, 0.1) is 12.5 Å². The number of rotatable bonds is 1. The molecule has 18 heavy (non-hydrogen) atoms. The van der Waals surface area contributed by atoms with E-state index in [1.54, 1.807) is 4.90 Å². The fourth-order valence-electron chi connectivity index (χ4n) is 2.84. The SMILES string of the molecule is COC(=O)[C@@]12CC[C@H]1CN(C(=O)OC(C)(C)C)C2. The predicted molar refractivity (Wildman–Crippen MR) is 65.0 cm³/mol. The summed E-state index contributed by atoms with van der Waals surface area (Å²) in [6.45, 7) is 6.55. The highest BCUT2D eigenvalue weighted by Crippen LogP contribution is 2.52. The Balaban J connectivity index is 2.03. The second-order valence-electron chi connectivity index (χ2n) is 6.24. The number of ether oxygens (including phenoxy) is 2. The summed E-state index contributed by atoms with van der Waals surface area (Å²) in [6.07, 6.45) is 1.46. The van der Waals surface area contributed by atoms with Crippen LogP contribution < -0.4 is 0 Å². The number of methoxy groups -OCH3 is 1. The smallest absolute Gasteiger partial charge is 0.410 e. The van der Waals surface area contributed by atoms with Crippen molar-refractivity contribution in [2.45, 2.75) is 39.2 Å². The van der Waals surface area contributed by atoms with E-state index in [4.69, 9.17) is 9.47 Å². The van der Waals surface area contributed by atoms with Crippen LogP contribution in [-0.4, -0.2) is 42.8 Å². The Morgan fingerprint density at radius 3 is 2.44 bits per heavy atom. The highest BCUT2D eigenvalue weighted by atomic mass is 16.6. The van der Waals surface area contributed by atoms with Gasteiger partial charge in [0.15, 0.2) is 0 Å². The van der Waals surface area contributed by atoms with Crippen LogP contribution in [0.4, 0.5) is 4.79 Å². The zero-order chi connectivity index (χ0) is 13.6. The van der Waals surface area contributed by atoms with Gasteiger partial charge in [0.25, 0.3) is 0 Å². The molecule has 2 rings (SSSR count). The molecule has 5 heteroatoms. The fraction of sp³-hybridized carbons (Fsp3) is 0.846. The van der Waals surface area contributed by atoms with Gasteiger partial charge in [-0.15, -0.1) is 0 Å². The zero-order valence-corrected chi connectivity index (χ0v) is 11.5. The molecular weight excluding hydrogens is 234 g/mol. The molecule has 2 fully saturated rings. The molecule has 0 aromatic rings. The maximum atomic E-state index is 12.0. The van der Waals surface area contributed by atoms with E-state index in [1.807, 2.05) is 20.8 Å². The summed E-state index contributed by atoms with van der Waals surface area (Å²) in [5.41, 5.74) is -0.969. The number of carbonyl (C=O) groups is 2. The van der Waals surface area contributed by atoms with Crippen LogP contribution in [-0.2, 0) is 14.3 Å². The molecule has 1 heterocycles. The van der Waals surface area contributed by atoms with Crippen LogP contribution in [0.2, 0.25) is 0 Å². The molecule has 2 atom stereocenters. The standard InChI is InChI=1S/C13H21NO4/c1-12(2,3)18-11(16)14-7-9-5-6-13(9,8-14)10(15)17-4/h9H,5-8H2,1-4H3/t9-,13+/m0/s1. The van der Waals surface area contributed by atoms with Crippen LogP contribution in [0.5, 0.6) is 0 Å². The monoisotopic (exact) mass is 255 g/mol. The number of esters is 1. The number of hydrogen-bond acceptors (Lipinski definition) is 4.